The summed E-state index contributed by atoms with van der Waals surface area (Å²) in [6.07, 6.45) is -2.66. The molecule has 31 heavy (non-hydrogen) atoms. The van der Waals surface area contributed by atoms with E-state index in [4.69, 9.17) is 5.26 Å². The standard InChI is InChI=1S/C22H19F3N4O2/c23-22(24,25)16-6-3-5-14(11-16)20(30)29-19(21(31)27-10-4-9-26)12-15-13-28-18-8-2-1-7-17(15)18/h1-3,5-8,11,13,19,28H,4,10,12H2,(H,27,31)(H,29,30). The molecule has 3 aromatic rings. The van der Waals surface area contributed by atoms with Crippen LogP contribution in [0.25, 0.3) is 10.9 Å². The van der Waals surface area contributed by atoms with E-state index in [0.29, 0.717) is 0 Å². The van der Waals surface area contributed by atoms with Crippen LogP contribution in [0.3, 0.4) is 0 Å². The first kappa shape index (κ1) is 21.9. The number of H-pyrrole nitrogens is 1. The predicted octanol–water partition coefficient (Wildman–Crippen LogP) is 3.56. The largest absolute Gasteiger partial charge is 0.416 e. The summed E-state index contributed by atoms with van der Waals surface area (Å²) < 4.78 is 38.9. The molecule has 0 saturated carbocycles. The molecule has 1 aromatic heterocycles. The van der Waals surface area contributed by atoms with E-state index in [2.05, 4.69) is 15.6 Å². The van der Waals surface area contributed by atoms with Gasteiger partial charge in [0.05, 0.1) is 18.1 Å². The minimum atomic E-state index is -4.59. The summed E-state index contributed by atoms with van der Waals surface area (Å²) in [6, 6.07) is 12.3. The summed E-state index contributed by atoms with van der Waals surface area (Å²) in [5.41, 5.74) is 0.459. The molecule has 0 aliphatic heterocycles. The average Bonchev–Trinajstić information content (AvgIpc) is 3.15. The smallest absolute Gasteiger partial charge is 0.361 e. The van der Waals surface area contributed by atoms with Crippen molar-refractivity contribution in [3.05, 3.63) is 71.4 Å². The van der Waals surface area contributed by atoms with Gasteiger partial charge in [-0.25, -0.2) is 0 Å². The monoisotopic (exact) mass is 428 g/mol. The number of nitrogens with one attached hydrogen (secondary N) is 3. The number of nitriles is 1. The molecule has 2 amide bonds. The first-order valence-corrected chi connectivity index (χ1v) is 9.47. The molecule has 0 aliphatic rings. The zero-order valence-electron chi connectivity index (χ0n) is 16.3. The number of alkyl halides is 3. The van der Waals surface area contributed by atoms with Crippen molar-refractivity contribution in [3.8, 4) is 6.07 Å². The summed E-state index contributed by atoms with van der Waals surface area (Å²) in [5.74, 6) is -1.33. The molecule has 160 valence electrons. The van der Waals surface area contributed by atoms with Crippen LogP contribution in [0.1, 0.15) is 27.9 Å². The van der Waals surface area contributed by atoms with Gasteiger partial charge in [-0.2, -0.15) is 18.4 Å². The molecule has 1 atom stereocenters. The van der Waals surface area contributed by atoms with Crippen molar-refractivity contribution in [2.45, 2.75) is 25.1 Å². The Balaban J connectivity index is 1.83. The van der Waals surface area contributed by atoms with Gasteiger partial charge in [0, 0.05) is 35.6 Å². The molecule has 0 fully saturated rings. The topological polar surface area (TPSA) is 97.8 Å². The molecule has 0 bridgehead atoms. The van der Waals surface area contributed by atoms with Gasteiger partial charge >= 0.3 is 6.18 Å². The summed E-state index contributed by atoms with van der Waals surface area (Å²) in [4.78, 5) is 28.4. The fourth-order valence-corrected chi connectivity index (χ4v) is 3.17. The van der Waals surface area contributed by atoms with E-state index in [-0.39, 0.29) is 24.9 Å². The lowest BCUT2D eigenvalue weighted by atomic mass is 10.0. The van der Waals surface area contributed by atoms with Crippen LogP contribution in [-0.2, 0) is 17.4 Å². The molecule has 3 rings (SSSR count). The van der Waals surface area contributed by atoms with Gasteiger partial charge in [-0.3, -0.25) is 9.59 Å². The molecule has 0 aliphatic carbocycles. The molecule has 0 saturated heterocycles. The number of para-hydroxylation sites is 1. The number of hydrogen-bond donors (Lipinski definition) is 3. The lowest BCUT2D eigenvalue weighted by Crippen LogP contribution is -2.48. The number of rotatable bonds is 7. The summed E-state index contributed by atoms with van der Waals surface area (Å²) in [5, 5.41) is 14.6. The van der Waals surface area contributed by atoms with Crippen LogP contribution in [0.4, 0.5) is 13.2 Å². The van der Waals surface area contributed by atoms with Crippen LogP contribution < -0.4 is 10.6 Å². The maximum absolute atomic E-state index is 13.0. The Morgan fingerprint density at radius 2 is 1.90 bits per heavy atom. The van der Waals surface area contributed by atoms with E-state index < -0.39 is 29.6 Å². The highest BCUT2D eigenvalue weighted by atomic mass is 19.4. The molecule has 2 aromatic carbocycles. The molecule has 0 spiro atoms. The Morgan fingerprint density at radius 1 is 1.13 bits per heavy atom. The van der Waals surface area contributed by atoms with Gasteiger partial charge in [-0.15, -0.1) is 0 Å². The maximum atomic E-state index is 13.0. The van der Waals surface area contributed by atoms with Crippen LogP contribution in [0.5, 0.6) is 0 Å². The van der Waals surface area contributed by atoms with E-state index in [9.17, 15) is 22.8 Å². The maximum Gasteiger partial charge on any atom is 0.416 e. The van der Waals surface area contributed by atoms with Crippen molar-refractivity contribution < 1.29 is 22.8 Å². The number of aromatic amines is 1. The van der Waals surface area contributed by atoms with Crippen LogP contribution in [0, 0.1) is 11.3 Å². The van der Waals surface area contributed by atoms with Crippen LogP contribution in [-0.4, -0.2) is 29.4 Å². The Kier molecular flexibility index (Phi) is 6.60. The molecular weight excluding hydrogens is 409 g/mol. The third kappa shape index (κ3) is 5.42. The number of aromatic nitrogens is 1. The van der Waals surface area contributed by atoms with Crippen molar-refractivity contribution in [1.29, 1.82) is 5.26 Å². The van der Waals surface area contributed by atoms with Crippen LogP contribution >= 0.6 is 0 Å². The van der Waals surface area contributed by atoms with Gasteiger partial charge in [0.15, 0.2) is 0 Å². The van der Waals surface area contributed by atoms with E-state index in [0.717, 1.165) is 34.7 Å². The van der Waals surface area contributed by atoms with E-state index in [1.54, 1.807) is 6.20 Å². The van der Waals surface area contributed by atoms with Gasteiger partial charge < -0.3 is 15.6 Å². The van der Waals surface area contributed by atoms with E-state index in [1.165, 1.54) is 6.07 Å². The quantitative estimate of drug-likeness (QED) is 0.502. The second kappa shape index (κ2) is 9.34. The molecule has 6 nitrogen and oxygen atoms in total. The van der Waals surface area contributed by atoms with Crippen molar-refractivity contribution in [2.24, 2.45) is 0 Å². The SMILES string of the molecule is N#CCCNC(=O)C(Cc1c[nH]c2ccccc12)NC(=O)c1cccc(C(F)(F)F)c1. The van der Waals surface area contributed by atoms with Crippen molar-refractivity contribution >= 4 is 22.7 Å². The van der Waals surface area contributed by atoms with Gasteiger partial charge in [0.1, 0.15) is 6.04 Å². The number of carbonyl (C=O) groups excluding carboxylic acids is 2. The lowest BCUT2D eigenvalue weighted by molar-refractivity contribution is -0.137. The van der Waals surface area contributed by atoms with Crippen LogP contribution in [0.15, 0.2) is 54.7 Å². The Hall–Kier alpha value is -3.80. The number of fused-ring (bicyclic) bond motifs is 1. The highest BCUT2D eigenvalue weighted by Crippen LogP contribution is 2.29. The zero-order valence-corrected chi connectivity index (χ0v) is 16.3. The number of halogens is 3. The second-order valence-electron chi connectivity index (χ2n) is 6.87. The van der Waals surface area contributed by atoms with Gasteiger partial charge in [-0.1, -0.05) is 24.3 Å². The van der Waals surface area contributed by atoms with Crippen LogP contribution in [0.2, 0.25) is 0 Å². The number of amides is 2. The number of nitrogens with zero attached hydrogens (tertiary/aromatic N) is 1. The third-order valence-electron chi connectivity index (χ3n) is 4.71. The average molecular weight is 428 g/mol. The molecule has 3 N–H and O–H groups in total. The van der Waals surface area contributed by atoms with Crippen molar-refractivity contribution in [2.75, 3.05) is 6.54 Å². The van der Waals surface area contributed by atoms with E-state index in [1.807, 2.05) is 30.3 Å². The number of benzene rings is 2. The van der Waals surface area contributed by atoms with E-state index >= 15 is 0 Å². The number of carbonyl (C=O) groups is 2. The highest BCUT2D eigenvalue weighted by Gasteiger charge is 2.31. The summed E-state index contributed by atoms with van der Waals surface area (Å²) in [6.45, 7) is 0.0964. The Bertz CT molecular complexity index is 1130. The van der Waals surface area contributed by atoms with Crippen molar-refractivity contribution in [3.63, 3.8) is 0 Å². The van der Waals surface area contributed by atoms with Crippen molar-refractivity contribution in [1.82, 2.24) is 15.6 Å². The number of hydrogen-bond acceptors (Lipinski definition) is 3. The van der Waals surface area contributed by atoms with Gasteiger partial charge in [0.25, 0.3) is 5.91 Å². The molecule has 1 unspecified atom stereocenters. The minimum Gasteiger partial charge on any atom is -0.361 e. The van der Waals surface area contributed by atoms with Gasteiger partial charge in [0.2, 0.25) is 5.91 Å². The second-order valence-corrected chi connectivity index (χ2v) is 6.87. The third-order valence-corrected chi connectivity index (χ3v) is 4.71. The normalized spacial score (nSPS) is 12.2. The minimum absolute atomic E-state index is 0.0904. The summed E-state index contributed by atoms with van der Waals surface area (Å²) >= 11 is 0. The molecule has 1 heterocycles. The fourth-order valence-electron chi connectivity index (χ4n) is 3.17. The zero-order chi connectivity index (χ0) is 22.4. The lowest BCUT2D eigenvalue weighted by Gasteiger charge is -2.18. The first-order valence-electron chi connectivity index (χ1n) is 9.47. The first-order chi connectivity index (χ1) is 14.8. The molecule has 0 radical (unpaired) electrons. The van der Waals surface area contributed by atoms with Gasteiger partial charge in [-0.05, 0) is 29.8 Å². The highest BCUT2D eigenvalue weighted by molar-refractivity contribution is 5.98. The fraction of sp³-hybridized carbons (Fsp3) is 0.227. The predicted molar refractivity (Wildman–Crippen MR) is 108 cm³/mol. The summed E-state index contributed by atoms with van der Waals surface area (Å²) in [7, 11) is 0. The Morgan fingerprint density at radius 3 is 2.65 bits per heavy atom. The molecule has 9 heteroatoms. The Labute approximate surface area is 176 Å². The molecular formula is C22H19F3N4O2.